The molecule has 0 spiro atoms. The van der Waals surface area contributed by atoms with Crippen molar-refractivity contribution in [1.82, 2.24) is 4.98 Å². The van der Waals surface area contributed by atoms with Crippen LogP contribution in [0.2, 0.25) is 0 Å². The zero-order valence-corrected chi connectivity index (χ0v) is 18.2. The first-order valence-corrected chi connectivity index (χ1v) is 9.08. The molecular formula is C21H29ClN4O3. The van der Waals surface area contributed by atoms with Gasteiger partial charge in [-0.25, -0.2) is 14.7 Å². The largest absolute Gasteiger partial charge is 1.00 e. The zero-order valence-electron chi connectivity index (χ0n) is 17.4. The second-order valence-corrected chi connectivity index (χ2v) is 8.61. The summed E-state index contributed by atoms with van der Waals surface area (Å²) in [5, 5.41) is 0. The molecule has 1 saturated heterocycles. The number of rotatable bonds is 3. The Balaban J connectivity index is 0.00000210. The highest BCUT2D eigenvalue weighted by Crippen LogP contribution is 2.27. The lowest BCUT2D eigenvalue weighted by molar-refractivity contribution is -0.864. The molecule has 0 saturated carbocycles. The van der Waals surface area contributed by atoms with Crippen molar-refractivity contribution in [2.24, 2.45) is 0 Å². The van der Waals surface area contributed by atoms with Crippen LogP contribution in [0.25, 0.3) is 0 Å². The molecule has 5 N–H and O–H groups in total. The van der Waals surface area contributed by atoms with Crippen LogP contribution in [-0.2, 0) is 16.8 Å². The van der Waals surface area contributed by atoms with Gasteiger partial charge in [0.15, 0.2) is 5.54 Å². The minimum absolute atomic E-state index is 0. The molecule has 2 heterocycles. The molecule has 7 nitrogen and oxygen atoms in total. The number of carbonyl (C=O) groups is 2. The monoisotopic (exact) mass is 420 g/mol. The SMILES string of the molecule is CC(C)(C)c1ccc(N2C(=O)[NH+](Cc3ccnc(N)c3)C(C)(C)C2=O)cc1.O.[Cl-]. The van der Waals surface area contributed by atoms with Crippen molar-refractivity contribution in [2.45, 2.75) is 52.1 Å². The van der Waals surface area contributed by atoms with Crippen LogP contribution in [-0.4, -0.2) is 27.9 Å². The lowest BCUT2D eigenvalue weighted by Crippen LogP contribution is -3.18. The van der Waals surface area contributed by atoms with Crippen molar-refractivity contribution >= 4 is 23.4 Å². The molecule has 1 atom stereocenters. The number of hydrogen-bond donors (Lipinski definition) is 2. The summed E-state index contributed by atoms with van der Waals surface area (Å²) in [6, 6.07) is 11.0. The van der Waals surface area contributed by atoms with Crippen LogP contribution in [0, 0.1) is 0 Å². The molecule has 1 aromatic carbocycles. The highest BCUT2D eigenvalue weighted by Gasteiger charge is 2.57. The Hall–Kier alpha value is -2.48. The molecule has 29 heavy (non-hydrogen) atoms. The minimum atomic E-state index is -0.863. The van der Waals surface area contributed by atoms with E-state index in [1.807, 2.05) is 30.3 Å². The number of hydrogen-bond acceptors (Lipinski definition) is 4. The van der Waals surface area contributed by atoms with Crippen LogP contribution in [0.5, 0.6) is 0 Å². The fourth-order valence-electron chi connectivity index (χ4n) is 3.35. The van der Waals surface area contributed by atoms with E-state index in [1.54, 1.807) is 26.1 Å². The van der Waals surface area contributed by atoms with Crippen molar-refractivity contribution in [3.05, 3.63) is 53.7 Å². The number of benzene rings is 1. The first-order valence-electron chi connectivity index (χ1n) is 9.08. The number of nitrogen functional groups attached to an aromatic ring is 1. The van der Waals surface area contributed by atoms with Gasteiger partial charge in [-0.2, -0.15) is 4.90 Å². The van der Waals surface area contributed by atoms with Crippen LogP contribution >= 0.6 is 0 Å². The molecule has 2 aromatic rings. The molecule has 0 bridgehead atoms. The van der Waals surface area contributed by atoms with Crippen LogP contribution < -0.4 is 27.9 Å². The van der Waals surface area contributed by atoms with Crippen molar-refractivity contribution in [1.29, 1.82) is 0 Å². The molecule has 0 aliphatic carbocycles. The van der Waals surface area contributed by atoms with Gasteiger partial charge < -0.3 is 23.6 Å². The third-order valence-electron chi connectivity index (χ3n) is 5.17. The molecule has 8 heteroatoms. The fourth-order valence-corrected chi connectivity index (χ4v) is 3.35. The van der Waals surface area contributed by atoms with E-state index >= 15 is 0 Å². The summed E-state index contributed by atoms with van der Waals surface area (Å²) in [7, 11) is 0. The summed E-state index contributed by atoms with van der Waals surface area (Å²) in [4.78, 5) is 32.0. The van der Waals surface area contributed by atoms with Gasteiger partial charge in [-0.3, -0.25) is 4.79 Å². The van der Waals surface area contributed by atoms with E-state index in [0.717, 1.165) is 11.1 Å². The highest BCUT2D eigenvalue weighted by atomic mass is 35.5. The summed E-state index contributed by atoms with van der Waals surface area (Å²) >= 11 is 0. The third kappa shape index (κ3) is 4.58. The minimum Gasteiger partial charge on any atom is -1.00 e. The first-order chi connectivity index (χ1) is 12.5. The van der Waals surface area contributed by atoms with E-state index in [4.69, 9.17) is 5.73 Å². The number of urea groups is 1. The summed E-state index contributed by atoms with van der Waals surface area (Å²) in [5.74, 6) is 0.199. The zero-order chi connectivity index (χ0) is 20.0. The van der Waals surface area contributed by atoms with E-state index in [0.29, 0.717) is 22.9 Å². The number of carbonyl (C=O) groups excluding carboxylic acids is 2. The van der Waals surface area contributed by atoms with E-state index in [1.165, 1.54) is 4.90 Å². The summed E-state index contributed by atoms with van der Waals surface area (Å²) in [5.41, 5.74) is 7.53. The van der Waals surface area contributed by atoms with Crippen molar-refractivity contribution < 1.29 is 32.4 Å². The number of aromatic nitrogens is 1. The van der Waals surface area contributed by atoms with Crippen LogP contribution in [0.1, 0.15) is 45.7 Å². The highest BCUT2D eigenvalue weighted by molar-refractivity contribution is 6.18. The van der Waals surface area contributed by atoms with E-state index in [9.17, 15) is 9.59 Å². The predicted octanol–water partition coefficient (Wildman–Crippen LogP) is -1.53. The molecule has 1 fully saturated rings. The standard InChI is InChI=1S/C21H26N4O2.ClH.H2O/c1-20(2,3)15-6-8-16(9-7-15)25-18(26)21(4,5)24(19(25)27)13-14-10-11-23-17(22)12-14;;/h6-12H,13H2,1-5H3,(H2,22,23);1H;1H2. The van der Waals surface area contributed by atoms with Gasteiger partial charge in [-0.15, -0.1) is 0 Å². The van der Waals surface area contributed by atoms with E-state index in [-0.39, 0.29) is 35.2 Å². The smallest absolute Gasteiger partial charge is 0.430 e. The Labute approximate surface area is 177 Å². The van der Waals surface area contributed by atoms with Crippen molar-refractivity contribution in [3.63, 3.8) is 0 Å². The van der Waals surface area contributed by atoms with Crippen molar-refractivity contribution in [2.75, 3.05) is 10.6 Å². The molecule has 158 valence electrons. The fraction of sp³-hybridized carbons (Fsp3) is 0.381. The van der Waals surface area contributed by atoms with Crippen LogP contribution in [0.4, 0.5) is 16.3 Å². The van der Waals surface area contributed by atoms with Gasteiger partial charge >= 0.3 is 6.03 Å². The Morgan fingerprint density at radius 1 is 1.10 bits per heavy atom. The van der Waals surface area contributed by atoms with Crippen molar-refractivity contribution in [3.8, 4) is 0 Å². The molecule has 1 unspecified atom stereocenters. The lowest BCUT2D eigenvalue weighted by atomic mass is 9.87. The number of pyridine rings is 1. The molecular weight excluding hydrogens is 392 g/mol. The van der Waals surface area contributed by atoms with Gasteiger partial charge in [0.1, 0.15) is 12.4 Å². The van der Waals surface area contributed by atoms with Crippen LogP contribution in [0.15, 0.2) is 42.6 Å². The molecule has 1 aromatic heterocycles. The molecule has 0 radical (unpaired) electrons. The molecule has 3 amide bonds. The lowest BCUT2D eigenvalue weighted by Gasteiger charge is -2.21. The molecule has 1 aliphatic rings. The average molecular weight is 421 g/mol. The maximum absolute atomic E-state index is 13.1. The summed E-state index contributed by atoms with van der Waals surface area (Å²) in [6.45, 7) is 10.4. The second kappa shape index (κ2) is 8.49. The number of quaternary nitrogens is 1. The van der Waals surface area contributed by atoms with Gasteiger partial charge in [-0.05, 0) is 35.2 Å². The number of amides is 3. The van der Waals surface area contributed by atoms with E-state index < -0.39 is 5.54 Å². The number of halogens is 1. The summed E-state index contributed by atoms with van der Waals surface area (Å²) < 4.78 is 0. The predicted molar refractivity (Wildman–Crippen MR) is 109 cm³/mol. The van der Waals surface area contributed by atoms with Gasteiger partial charge in [0, 0.05) is 25.6 Å². The number of nitrogens with one attached hydrogen (secondary N) is 1. The number of anilines is 2. The maximum Gasteiger partial charge on any atom is 0.430 e. The topological polar surface area (TPSA) is 112 Å². The average Bonchev–Trinajstić information content (AvgIpc) is 2.74. The quantitative estimate of drug-likeness (QED) is 0.586. The Morgan fingerprint density at radius 3 is 2.21 bits per heavy atom. The normalized spacial score (nSPS) is 18.2. The van der Waals surface area contributed by atoms with Crippen LogP contribution in [0.3, 0.4) is 0 Å². The summed E-state index contributed by atoms with van der Waals surface area (Å²) in [6.07, 6.45) is 1.61. The van der Waals surface area contributed by atoms with Gasteiger partial charge in [0.2, 0.25) is 0 Å². The molecule has 3 rings (SSSR count). The number of imide groups is 1. The second-order valence-electron chi connectivity index (χ2n) is 8.61. The van der Waals surface area contributed by atoms with Gasteiger partial charge in [0.05, 0.1) is 5.69 Å². The maximum atomic E-state index is 13.1. The van der Waals surface area contributed by atoms with Gasteiger partial charge in [0.25, 0.3) is 5.91 Å². The molecule has 1 aliphatic heterocycles. The first kappa shape index (κ1) is 24.6. The Bertz CT molecular complexity index is 892. The number of nitrogens with two attached hydrogens (primary N) is 1. The third-order valence-corrected chi connectivity index (χ3v) is 5.17. The number of nitrogens with zero attached hydrogens (tertiary/aromatic N) is 2. The van der Waals surface area contributed by atoms with E-state index in [2.05, 4.69) is 25.8 Å². The Morgan fingerprint density at radius 2 is 1.69 bits per heavy atom. The Kier molecular flexibility index (Phi) is 7.19. The van der Waals surface area contributed by atoms with Gasteiger partial charge in [-0.1, -0.05) is 32.9 Å².